The van der Waals surface area contributed by atoms with E-state index in [4.69, 9.17) is 9.47 Å². The molecule has 124 valence electrons. The van der Waals surface area contributed by atoms with Gasteiger partial charge in [0, 0.05) is 0 Å². The smallest absolute Gasteiger partial charge is 0.408 e. The summed E-state index contributed by atoms with van der Waals surface area (Å²) >= 11 is 0. The maximum absolute atomic E-state index is 12.6. The first-order chi connectivity index (χ1) is 10.1. The molecule has 1 unspecified atom stereocenters. The first-order valence-electron chi connectivity index (χ1n) is 7.96. The molecule has 0 aromatic rings. The number of allylic oxidation sites excluding steroid dienone is 1. The Morgan fingerprint density at radius 1 is 1.50 bits per heavy atom. The lowest BCUT2D eigenvalue weighted by atomic mass is 9.94. The molecule has 0 bridgehead atoms. The number of carbonyl (C=O) groups excluding carboxylic acids is 2. The topological polar surface area (TPSA) is 67.9 Å². The third-order valence-electron chi connectivity index (χ3n) is 4.01. The molecule has 3 atom stereocenters. The fraction of sp³-hybridized carbons (Fsp3) is 0.765. The second-order valence-corrected chi connectivity index (χ2v) is 7.63. The lowest BCUT2D eigenvalue weighted by Gasteiger charge is -2.24. The Morgan fingerprint density at radius 3 is 2.59 bits per heavy atom. The molecule has 1 amide bonds. The van der Waals surface area contributed by atoms with Crippen molar-refractivity contribution < 1.29 is 19.1 Å². The Bertz CT molecular complexity index is 485. The number of Topliss-reactive ketones (excluding diaryl/α,β-unsaturated/α-hetero) is 1. The van der Waals surface area contributed by atoms with Crippen LogP contribution in [0.2, 0.25) is 0 Å². The van der Waals surface area contributed by atoms with Crippen LogP contribution in [0.5, 0.6) is 0 Å². The number of hydrogen-bond acceptors (Lipinski definition) is 4. The number of nitrogens with one attached hydrogen (secondary N) is 1. The van der Waals surface area contributed by atoms with Crippen molar-refractivity contribution in [2.45, 2.75) is 71.1 Å². The highest BCUT2D eigenvalue weighted by Gasteiger charge is 2.50. The summed E-state index contributed by atoms with van der Waals surface area (Å²) in [6.45, 7) is 9.76. The molecule has 0 aromatic heterocycles. The van der Waals surface area contributed by atoms with Crippen LogP contribution in [0.15, 0.2) is 11.6 Å². The summed E-state index contributed by atoms with van der Waals surface area (Å²) in [5.41, 5.74) is -0.102. The number of ether oxygens (including phenoxy) is 2. The van der Waals surface area contributed by atoms with Crippen LogP contribution in [0.1, 0.15) is 53.9 Å². The molecule has 0 radical (unpaired) electrons. The molecule has 1 aliphatic heterocycles. The molecule has 0 saturated carbocycles. The molecule has 5 heteroatoms. The number of hydrogen-bond donors (Lipinski definition) is 1. The third-order valence-corrected chi connectivity index (χ3v) is 4.01. The molecular formula is C17H27NO4. The van der Waals surface area contributed by atoms with Gasteiger partial charge in [-0.05, 0) is 52.9 Å². The van der Waals surface area contributed by atoms with Gasteiger partial charge in [-0.3, -0.25) is 4.79 Å². The van der Waals surface area contributed by atoms with E-state index in [0.29, 0.717) is 18.9 Å². The summed E-state index contributed by atoms with van der Waals surface area (Å²) < 4.78 is 10.5. The number of epoxide rings is 1. The van der Waals surface area contributed by atoms with Crippen molar-refractivity contribution in [1.82, 2.24) is 5.32 Å². The van der Waals surface area contributed by atoms with Crippen molar-refractivity contribution in [2.75, 3.05) is 6.61 Å². The number of ketones is 1. The highest BCUT2D eigenvalue weighted by Crippen LogP contribution is 2.32. The van der Waals surface area contributed by atoms with Crippen LogP contribution in [0.4, 0.5) is 4.79 Å². The van der Waals surface area contributed by atoms with E-state index < -0.39 is 23.3 Å². The van der Waals surface area contributed by atoms with Gasteiger partial charge in [0.05, 0.1) is 12.6 Å². The van der Waals surface area contributed by atoms with E-state index in [1.165, 1.54) is 5.57 Å². The maximum atomic E-state index is 12.6. The van der Waals surface area contributed by atoms with E-state index in [1.807, 2.05) is 0 Å². The molecule has 2 aliphatic rings. The fourth-order valence-electron chi connectivity index (χ4n) is 2.69. The Kier molecular flexibility index (Phi) is 4.66. The van der Waals surface area contributed by atoms with Crippen molar-refractivity contribution in [3.05, 3.63) is 11.6 Å². The maximum Gasteiger partial charge on any atom is 0.408 e. The number of amides is 1. The number of carbonyl (C=O) groups is 2. The average molecular weight is 309 g/mol. The molecule has 2 rings (SSSR count). The lowest BCUT2D eigenvalue weighted by Crippen LogP contribution is -2.47. The van der Waals surface area contributed by atoms with Gasteiger partial charge in [0.25, 0.3) is 0 Å². The molecule has 1 fully saturated rings. The standard InChI is InChI=1S/C17H27NO4/c1-11-6-7-12(8-11)9-13(14(19)17(5)10-21-17)18-15(20)22-16(2,3)4/h8,11,13H,6-7,9-10H2,1-5H3,(H,18,20)/t11?,13-,17+/m0/s1. The van der Waals surface area contributed by atoms with Crippen LogP contribution in [0.25, 0.3) is 0 Å². The predicted molar refractivity (Wildman–Crippen MR) is 83.6 cm³/mol. The van der Waals surface area contributed by atoms with Crippen LogP contribution < -0.4 is 5.32 Å². The summed E-state index contributed by atoms with van der Waals surface area (Å²) in [6, 6.07) is -0.584. The third kappa shape index (κ3) is 4.57. The van der Waals surface area contributed by atoms with Gasteiger partial charge in [0.15, 0.2) is 5.78 Å². The number of alkyl carbamates (subject to hydrolysis) is 1. The van der Waals surface area contributed by atoms with Gasteiger partial charge < -0.3 is 14.8 Å². The van der Waals surface area contributed by atoms with Crippen molar-refractivity contribution in [2.24, 2.45) is 5.92 Å². The molecule has 1 N–H and O–H groups in total. The van der Waals surface area contributed by atoms with Gasteiger partial charge in [-0.1, -0.05) is 18.6 Å². The van der Waals surface area contributed by atoms with Crippen LogP contribution in [0, 0.1) is 5.92 Å². The van der Waals surface area contributed by atoms with Crippen molar-refractivity contribution in [3.63, 3.8) is 0 Å². The summed E-state index contributed by atoms with van der Waals surface area (Å²) in [4.78, 5) is 24.6. The van der Waals surface area contributed by atoms with Crippen LogP contribution in [-0.4, -0.2) is 35.7 Å². The average Bonchev–Trinajstić information content (AvgIpc) is 2.98. The van der Waals surface area contributed by atoms with E-state index in [1.54, 1.807) is 27.7 Å². The minimum atomic E-state index is -0.746. The summed E-state index contributed by atoms with van der Waals surface area (Å²) in [6.07, 6.45) is 4.28. The molecule has 0 aromatic carbocycles. The zero-order valence-electron chi connectivity index (χ0n) is 14.2. The lowest BCUT2D eigenvalue weighted by molar-refractivity contribution is -0.125. The quantitative estimate of drug-likeness (QED) is 0.626. The van der Waals surface area contributed by atoms with E-state index in [0.717, 1.165) is 12.8 Å². The Morgan fingerprint density at radius 2 is 2.14 bits per heavy atom. The molecular weight excluding hydrogens is 282 g/mol. The van der Waals surface area contributed by atoms with Crippen molar-refractivity contribution in [3.8, 4) is 0 Å². The highest BCUT2D eigenvalue weighted by atomic mass is 16.6. The van der Waals surface area contributed by atoms with Crippen LogP contribution in [-0.2, 0) is 14.3 Å². The second kappa shape index (κ2) is 6.03. The SMILES string of the molecule is CC1C=C(C[C@H](NC(=O)OC(C)(C)C)C(=O)[C@@]2(C)CO2)CC1. The van der Waals surface area contributed by atoms with Gasteiger partial charge in [0.1, 0.15) is 11.2 Å². The van der Waals surface area contributed by atoms with Crippen LogP contribution >= 0.6 is 0 Å². The van der Waals surface area contributed by atoms with Crippen LogP contribution in [0.3, 0.4) is 0 Å². The first kappa shape index (κ1) is 17.0. The predicted octanol–water partition coefficient (Wildman–Crippen LogP) is 2.98. The van der Waals surface area contributed by atoms with Gasteiger partial charge in [-0.2, -0.15) is 0 Å². The van der Waals surface area contributed by atoms with E-state index in [9.17, 15) is 9.59 Å². The molecule has 22 heavy (non-hydrogen) atoms. The molecule has 5 nitrogen and oxygen atoms in total. The summed E-state index contributed by atoms with van der Waals surface area (Å²) in [7, 11) is 0. The second-order valence-electron chi connectivity index (χ2n) is 7.63. The molecule has 0 spiro atoms. The largest absolute Gasteiger partial charge is 0.444 e. The minimum absolute atomic E-state index is 0.0705. The van der Waals surface area contributed by atoms with Gasteiger partial charge in [-0.15, -0.1) is 0 Å². The zero-order chi connectivity index (χ0) is 16.5. The van der Waals surface area contributed by atoms with E-state index in [2.05, 4.69) is 18.3 Å². The Balaban J connectivity index is 2.03. The fourth-order valence-corrected chi connectivity index (χ4v) is 2.69. The minimum Gasteiger partial charge on any atom is -0.444 e. The molecule has 1 aliphatic carbocycles. The summed E-state index contributed by atoms with van der Waals surface area (Å²) in [5, 5.41) is 2.73. The van der Waals surface area contributed by atoms with Gasteiger partial charge in [0.2, 0.25) is 0 Å². The molecule has 1 saturated heterocycles. The van der Waals surface area contributed by atoms with E-state index in [-0.39, 0.29) is 5.78 Å². The Hall–Kier alpha value is -1.36. The molecule has 1 heterocycles. The monoisotopic (exact) mass is 309 g/mol. The highest BCUT2D eigenvalue weighted by molar-refractivity contribution is 5.96. The number of rotatable bonds is 5. The normalized spacial score (nSPS) is 28.8. The van der Waals surface area contributed by atoms with Gasteiger partial charge >= 0.3 is 6.09 Å². The van der Waals surface area contributed by atoms with Crippen molar-refractivity contribution >= 4 is 11.9 Å². The first-order valence-corrected chi connectivity index (χ1v) is 7.96. The zero-order valence-corrected chi connectivity index (χ0v) is 14.2. The van der Waals surface area contributed by atoms with Gasteiger partial charge in [-0.25, -0.2) is 4.79 Å². The Labute approximate surface area is 132 Å². The van der Waals surface area contributed by atoms with Crippen molar-refractivity contribution in [1.29, 1.82) is 0 Å². The summed E-state index contributed by atoms with van der Waals surface area (Å²) in [5.74, 6) is 0.471. The van der Waals surface area contributed by atoms with E-state index >= 15 is 0 Å².